The predicted octanol–water partition coefficient (Wildman–Crippen LogP) is 2.64. The van der Waals surface area contributed by atoms with Gasteiger partial charge in [-0.25, -0.2) is 0 Å². The largest absolute Gasteiger partial charge is 0.330 e. The summed E-state index contributed by atoms with van der Waals surface area (Å²) in [6, 6.07) is 9.40. The molecule has 90 valence electrons. The van der Waals surface area contributed by atoms with E-state index in [9.17, 15) is 0 Å². The Morgan fingerprint density at radius 2 is 1.94 bits per heavy atom. The topological polar surface area (TPSA) is 38.0 Å². The first-order chi connectivity index (χ1) is 7.81. The van der Waals surface area contributed by atoms with E-state index in [0.717, 1.165) is 19.4 Å². The molecule has 1 rings (SSSR count). The molecule has 0 aliphatic heterocycles. The highest BCUT2D eigenvalue weighted by Gasteiger charge is 2.07. The van der Waals surface area contributed by atoms with Crippen molar-refractivity contribution in [2.45, 2.75) is 38.6 Å². The zero-order valence-electron chi connectivity index (χ0n) is 10.5. The van der Waals surface area contributed by atoms with E-state index in [4.69, 9.17) is 5.73 Å². The Labute approximate surface area is 99.2 Å². The zero-order valence-corrected chi connectivity index (χ0v) is 10.5. The second-order valence-electron chi connectivity index (χ2n) is 4.26. The van der Waals surface area contributed by atoms with Crippen LogP contribution in [0.25, 0.3) is 0 Å². The maximum atomic E-state index is 5.55. The van der Waals surface area contributed by atoms with E-state index in [2.05, 4.69) is 36.5 Å². The fraction of sp³-hybridized carbons (Fsp3) is 0.571. The minimum Gasteiger partial charge on any atom is -0.330 e. The van der Waals surface area contributed by atoms with Gasteiger partial charge in [0.2, 0.25) is 0 Å². The summed E-state index contributed by atoms with van der Waals surface area (Å²) < 4.78 is 0. The second kappa shape index (κ2) is 7.42. The molecule has 0 amide bonds. The highest BCUT2D eigenvalue weighted by molar-refractivity contribution is 5.25. The molecule has 0 spiro atoms. The SMILES string of the molecule is CCCc1ccc(C(CCCN)NC)cc1. The van der Waals surface area contributed by atoms with Gasteiger partial charge in [0.05, 0.1) is 0 Å². The third kappa shape index (κ3) is 3.95. The standard InChI is InChI=1S/C14H24N2/c1-3-5-12-7-9-13(10-8-12)14(16-2)6-4-11-15/h7-10,14,16H,3-6,11,15H2,1-2H3. The van der Waals surface area contributed by atoms with Crippen LogP contribution < -0.4 is 11.1 Å². The van der Waals surface area contributed by atoms with Crippen LogP contribution in [0.2, 0.25) is 0 Å². The first kappa shape index (κ1) is 13.2. The Morgan fingerprint density at radius 3 is 2.44 bits per heavy atom. The summed E-state index contributed by atoms with van der Waals surface area (Å²) in [6.45, 7) is 2.98. The molecular formula is C14H24N2. The highest BCUT2D eigenvalue weighted by Crippen LogP contribution is 2.18. The first-order valence-electron chi connectivity index (χ1n) is 6.28. The minimum absolute atomic E-state index is 0.444. The molecule has 0 aliphatic rings. The molecule has 3 N–H and O–H groups in total. The summed E-state index contributed by atoms with van der Waals surface area (Å²) in [4.78, 5) is 0. The summed E-state index contributed by atoms with van der Waals surface area (Å²) >= 11 is 0. The first-order valence-corrected chi connectivity index (χ1v) is 6.28. The van der Waals surface area contributed by atoms with E-state index >= 15 is 0 Å². The number of hydrogen-bond acceptors (Lipinski definition) is 2. The normalized spacial score (nSPS) is 12.7. The van der Waals surface area contributed by atoms with E-state index in [1.165, 1.54) is 24.0 Å². The van der Waals surface area contributed by atoms with E-state index in [0.29, 0.717) is 6.04 Å². The predicted molar refractivity (Wildman–Crippen MR) is 70.5 cm³/mol. The number of hydrogen-bond donors (Lipinski definition) is 2. The number of aryl methyl sites for hydroxylation is 1. The van der Waals surface area contributed by atoms with Crippen molar-refractivity contribution in [3.8, 4) is 0 Å². The van der Waals surface area contributed by atoms with Crippen LogP contribution in [-0.2, 0) is 6.42 Å². The Balaban J connectivity index is 2.62. The average molecular weight is 220 g/mol. The average Bonchev–Trinajstić information content (AvgIpc) is 2.32. The molecule has 1 aromatic rings. The van der Waals surface area contributed by atoms with Gasteiger partial charge in [-0.1, -0.05) is 37.6 Å². The Morgan fingerprint density at radius 1 is 1.25 bits per heavy atom. The van der Waals surface area contributed by atoms with Gasteiger partial charge in [0, 0.05) is 6.04 Å². The molecule has 1 aromatic carbocycles. The summed E-state index contributed by atoms with van der Waals surface area (Å²) in [5.41, 5.74) is 8.35. The fourth-order valence-corrected chi connectivity index (χ4v) is 2.00. The molecule has 0 fully saturated rings. The van der Waals surface area contributed by atoms with E-state index < -0.39 is 0 Å². The molecule has 0 saturated carbocycles. The number of rotatable bonds is 7. The van der Waals surface area contributed by atoms with E-state index in [1.807, 2.05) is 7.05 Å². The molecule has 0 saturated heterocycles. The van der Waals surface area contributed by atoms with Crippen LogP contribution in [0.4, 0.5) is 0 Å². The number of benzene rings is 1. The lowest BCUT2D eigenvalue weighted by Gasteiger charge is -2.16. The van der Waals surface area contributed by atoms with Crippen LogP contribution in [0.5, 0.6) is 0 Å². The van der Waals surface area contributed by atoms with Crippen LogP contribution in [-0.4, -0.2) is 13.6 Å². The fourth-order valence-electron chi connectivity index (χ4n) is 2.00. The second-order valence-corrected chi connectivity index (χ2v) is 4.26. The summed E-state index contributed by atoms with van der Waals surface area (Å²) in [5, 5.41) is 3.35. The van der Waals surface area contributed by atoms with Crippen molar-refractivity contribution in [3.63, 3.8) is 0 Å². The van der Waals surface area contributed by atoms with Crippen LogP contribution >= 0.6 is 0 Å². The van der Waals surface area contributed by atoms with Crippen molar-refractivity contribution < 1.29 is 0 Å². The summed E-state index contributed by atoms with van der Waals surface area (Å²) in [6.07, 6.45) is 4.57. The maximum Gasteiger partial charge on any atom is 0.0317 e. The van der Waals surface area contributed by atoms with Gasteiger partial charge in [-0.3, -0.25) is 0 Å². The monoisotopic (exact) mass is 220 g/mol. The highest BCUT2D eigenvalue weighted by atomic mass is 14.9. The van der Waals surface area contributed by atoms with Gasteiger partial charge in [0.25, 0.3) is 0 Å². The Bertz CT molecular complexity index is 279. The van der Waals surface area contributed by atoms with Crippen molar-refractivity contribution in [1.29, 1.82) is 0 Å². The lowest BCUT2D eigenvalue weighted by molar-refractivity contribution is 0.531. The molecular weight excluding hydrogens is 196 g/mol. The van der Waals surface area contributed by atoms with Gasteiger partial charge in [-0.05, 0) is 44.0 Å². The van der Waals surface area contributed by atoms with Gasteiger partial charge in [0.15, 0.2) is 0 Å². The zero-order chi connectivity index (χ0) is 11.8. The minimum atomic E-state index is 0.444. The van der Waals surface area contributed by atoms with Crippen molar-refractivity contribution in [2.24, 2.45) is 5.73 Å². The van der Waals surface area contributed by atoms with Gasteiger partial charge in [-0.15, -0.1) is 0 Å². The van der Waals surface area contributed by atoms with E-state index in [-0.39, 0.29) is 0 Å². The molecule has 2 heteroatoms. The van der Waals surface area contributed by atoms with Crippen molar-refractivity contribution >= 4 is 0 Å². The number of nitrogens with two attached hydrogens (primary N) is 1. The molecule has 2 nitrogen and oxygen atoms in total. The van der Waals surface area contributed by atoms with E-state index in [1.54, 1.807) is 0 Å². The molecule has 0 radical (unpaired) electrons. The van der Waals surface area contributed by atoms with Gasteiger partial charge in [-0.2, -0.15) is 0 Å². The van der Waals surface area contributed by atoms with Gasteiger partial charge >= 0.3 is 0 Å². The van der Waals surface area contributed by atoms with Crippen LogP contribution in [0.15, 0.2) is 24.3 Å². The van der Waals surface area contributed by atoms with Crippen LogP contribution in [0.3, 0.4) is 0 Å². The quantitative estimate of drug-likeness (QED) is 0.741. The Kier molecular flexibility index (Phi) is 6.12. The third-order valence-corrected chi connectivity index (χ3v) is 2.97. The molecule has 0 aliphatic carbocycles. The molecule has 1 unspecified atom stereocenters. The van der Waals surface area contributed by atoms with Gasteiger partial charge < -0.3 is 11.1 Å². The third-order valence-electron chi connectivity index (χ3n) is 2.97. The molecule has 16 heavy (non-hydrogen) atoms. The van der Waals surface area contributed by atoms with Crippen molar-refractivity contribution in [3.05, 3.63) is 35.4 Å². The molecule has 0 bridgehead atoms. The van der Waals surface area contributed by atoms with Crippen molar-refractivity contribution in [2.75, 3.05) is 13.6 Å². The lowest BCUT2D eigenvalue weighted by atomic mass is 9.99. The summed E-state index contributed by atoms with van der Waals surface area (Å²) in [5.74, 6) is 0. The number of nitrogens with one attached hydrogen (secondary N) is 1. The Hall–Kier alpha value is -0.860. The molecule has 1 atom stereocenters. The lowest BCUT2D eigenvalue weighted by Crippen LogP contribution is -2.17. The molecule has 0 heterocycles. The summed E-state index contributed by atoms with van der Waals surface area (Å²) in [7, 11) is 2.02. The maximum absolute atomic E-state index is 5.55. The van der Waals surface area contributed by atoms with Crippen LogP contribution in [0.1, 0.15) is 43.4 Å². The molecule has 0 aromatic heterocycles. The van der Waals surface area contributed by atoms with Crippen LogP contribution in [0, 0.1) is 0 Å². The smallest absolute Gasteiger partial charge is 0.0317 e. The van der Waals surface area contributed by atoms with Crippen molar-refractivity contribution in [1.82, 2.24) is 5.32 Å². The van der Waals surface area contributed by atoms with Gasteiger partial charge in [0.1, 0.15) is 0 Å².